The van der Waals surface area contributed by atoms with Crippen LogP contribution >= 0.6 is 0 Å². The van der Waals surface area contributed by atoms with Crippen LogP contribution < -0.4 is 0 Å². The molecule has 3 rings (SSSR count). The summed E-state index contributed by atoms with van der Waals surface area (Å²) in [5.41, 5.74) is 0.399. The van der Waals surface area contributed by atoms with E-state index in [1.54, 1.807) is 6.20 Å². The number of rotatable bonds is 4. The van der Waals surface area contributed by atoms with Crippen LogP contribution in [0.5, 0.6) is 0 Å². The molecule has 2 aliphatic rings. The van der Waals surface area contributed by atoms with Crippen LogP contribution in [-0.2, 0) is 11.2 Å². The number of aromatic nitrogens is 2. The van der Waals surface area contributed by atoms with Gasteiger partial charge < -0.3 is 10.0 Å². The highest BCUT2D eigenvalue weighted by atomic mass is 16.3. The highest BCUT2D eigenvalue weighted by molar-refractivity contribution is 5.77. The molecule has 22 heavy (non-hydrogen) atoms. The predicted octanol–water partition coefficient (Wildman–Crippen LogP) is 2.28. The summed E-state index contributed by atoms with van der Waals surface area (Å²) < 4.78 is 0. The number of carbonyl (C=O) groups excluding carboxylic acids is 1. The van der Waals surface area contributed by atoms with E-state index in [0.29, 0.717) is 12.3 Å². The van der Waals surface area contributed by atoms with Crippen molar-refractivity contribution < 1.29 is 9.90 Å². The minimum atomic E-state index is -0.744. The SMILES string of the molecule is O=C(CC1(O)CCCCC1)N1CCCC(Cc2ccn[nH]2)C1. The summed E-state index contributed by atoms with van der Waals surface area (Å²) in [6.07, 6.45) is 10.1. The molecule has 1 amide bonds. The van der Waals surface area contributed by atoms with Crippen molar-refractivity contribution in [3.8, 4) is 0 Å². The highest BCUT2D eigenvalue weighted by Crippen LogP contribution is 2.32. The fraction of sp³-hybridized carbons (Fsp3) is 0.765. The monoisotopic (exact) mass is 305 g/mol. The van der Waals surface area contributed by atoms with Crippen molar-refractivity contribution >= 4 is 5.91 Å². The van der Waals surface area contributed by atoms with Crippen LogP contribution in [0.1, 0.15) is 57.1 Å². The number of aliphatic hydroxyl groups is 1. The molecular formula is C17H27N3O2. The summed E-state index contributed by atoms with van der Waals surface area (Å²) >= 11 is 0. The molecule has 1 saturated carbocycles. The van der Waals surface area contributed by atoms with Gasteiger partial charge in [-0.2, -0.15) is 5.10 Å². The minimum absolute atomic E-state index is 0.138. The Bertz CT molecular complexity index is 480. The van der Waals surface area contributed by atoms with Crippen molar-refractivity contribution in [2.24, 2.45) is 5.92 Å². The maximum absolute atomic E-state index is 12.6. The molecule has 1 unspecified atom stereocenters. The van der Waals surface area contributed by atoms with E-state index in [4.69, 9.17) is 0 Å². The van der Waals surface area contributed by atoms with E-state index in [-0.39, 0.29) is 5.91 Å². The normalized spacial score (nSPS) is 25.1. The van der Waals surface area contributed by atoms with Gasteiger partial charge in [-0.3, -0.25) is 9.89 Å². The summed E-state index contributed by atoms with van der Waals surface area (Å²) in [5, 5.41) is 17.6. The van der Waals surface area contributed by atoms with Crippen molar-refractivity contribution in [2.45, 2.75) is 63.4 Å². The zero-order valence-corrected chi connectivity index (χ0v) is 13.3. The van der Waals surface area contributed by atoms with Crippen LogP contribution in [0.4, 0.5) is 0 Å². The van der Waals surface area contributed by atoms with Crippen molar-refractivity contribution in [3.05, 3.63) is 18.0 Å². The summed E-state index contributed by atoms with van der Waals surface area (Å²) in [4.78, 5) is 14.5. The first-order valence-electron chi connectivity index (χ1n) is 8.63. The Morgan fingerprint density at radius 2 is 2.18 bits per heavy atom. The van der Waals surface area contributed by atoms with Gasteiger partial charge in [-0.15, -0.1) is 0 Å². The quantitative estimate of drug-likeness (QED) is 0.896. The third-order valence-electron chi connectivity index (χ3n) is 5.20. The molecule has 5 heteroatoms. The standard InChI is InChI=1S/C17H27N3O2/c21-16(12-17(22)7-2-1-3-8-17)20-10-4-5-14(13-20)11-15-6-9-18-19-15/h6,9,14,22H,1-5,7-8,10-13H2,(H,18,19). The van der Waals surface area contributed by atoms with Gasteiger partial charge in [0.1, 0.15) is 0 Å². The molecule has 1 saturated heterocycles. The van der Waals surface area contributed by atoms with E-state index in [9.17, 15) is 9.90 Å². The first kappa shape index (κ1) is 15.5. The van der Waals surface area contributed by atoms with Gasteiger partial charge in [0.15, 0.2) is 0 Å². The zero-order valence-electron chi connectivity index (χ0n) is 13.3. The second-order valence-corrected chi connectivity index (χ2v) is 7.10. The molecule has 0 bridgehead atoms. The molecule has 122 valence electrons. The smallest absolute Gasteiger partial charge is 0.225 e. The Hall–Kier alpha value is -1.36. The van der Waals surface area contributed by atoms with E-state index < -0.39 is 5.60 Å². The van der Waals surface area contributed by atoms with Crippen LogP contribution in [-0.4, -0.2) is 44.8 Å². The molecule has 1 aliphatic heterocycles. The van der Waals surface area contributed by atoms with Gasteiger partial charge in [0.05, 0.1) is 12.0 Å². The number of likely N-dealkylation sites (tertiary alicyclic amines) is 1. The molecule has 1 aromatic heterocycles. The molecule has 0 spiro atoms. The molecule has 1 aromatic rings. The van der Waals surface area contributed by atoms with E-state index in [0.717, 1.165) is 63.7 Å². The van der Waals surface area contributed by atoms with Crippen molar-refractivity contribution in [2.75, 3.05) is 13.1 Å². The molecule has 2 heterocycles. The van der Waals surface area contributed by atoms with E-state index in [1.165, 1.54) is 6.42 Å². The molecule has 2 fully saturated rings. The minimum Gasteiger partial charge on any atom is -0.389 e. The van der Waals surface area contributed by atoms with Gasteiger partial charge in [0.2, 0.25) is 5.91 Å². The average molecular weight is 305 g/mol. The Labute approximate surface area is 132 Å². The number of H-pyrrole nitrogens is 1. The highest BCUT2D eigenvalue weighted by Gasteiger charge is 2.34. The van der Waals surface area contributed by atoms with E-state index in [2.05, 4.69) is 10.2 Å². The van der Waals surface area contributed by atoms with Gasteiger partial charge in [0, 0.05) is 25.0 Å². The molecule has 0 radical (unpaired) electrons. The number of aromatic amines is 1. The van der Waals surface area contributed by atoms with Crippen LogP contribution in [0.15, 0.2) is 12.3 Å². The third kappa shape index (κ3) is 3.88. The summed E-state index contributed by atoms with van der Waals surface area (Å²) in [6.45, 7) is 1.66. The molecule has 1 atom stereocenters. The molecule has 0 aromatic carbocycles. The van der Waals surface area contributed by atoms with Crippen molar-refractivity contribution in [3.63, 3.8) is 0 Å². The Kier molecular flexibility index (Phi) is 4.81. The Balaban J connectivity index is 1.53. The lowest BCUT2D eigenvalue weighted by Crippen LogP contribution is -2.45. The van der Waals surface area contributed by atoms with Gasteiger partial charge in [-0.1, -0.05) is 19.3 Å². The molecule has 5 nitrogen and oxygen atoms in total. The Morgan fingerprint density at radius 3 is 2.91 bits per heavy atom. The maximum Gasteiger partial charge on any atom is 0.225 e. The van der Waals surface area contributed by atoms with Gasteiger partial charge in [-0.25, -0.2) is 0 Å². The third-order valence-corrected chi connectivity index (χ3v) is 5.20. The van der Waals surface area contributed by atoms with E-state index in [1.807, 2.05) is 11.0 Å². The lowest BCUT2D eigenvalue weighted by Gasteiger charge is -2.37. The maximum atomic E-state index is 12.6. The van der Waals surface area contributed by atoms with Gasteiger partial charge in [0.25, 0.3) is 0 Å². The van der Waals surface area contributed by atoms with Crippen LogP contribution in [0.25, 0.3) is 0 Å². The van der Waals surface area contributed by atoms with E-state index >= 15 is 0 Å². The van der Waals surface area contributed by atoms with Crippen molar-refractivity contribution in [1.82, 2.24) is 15.1 Å². The second-order valence-electron chi connectivity index (χ2n) is 7.10. The Morgan fingerprint density at radius 1 is 1.36 bits per heavy atom. The van der Waals surface area contributed by atoms with Crippen LogP contribution in [0.2, 0.25) is 0 Å². The number of hydrogen-bond acceptors (Lipinski definition) is 3. The average Bonchev–Trinajstić information content (AvgIpc) is 3.01. The first-order valence-corrected chi connectivity index (χ1v) is 8.63. The van der Waals surface area contributed by atoms with Gasteiger partial charge in [-0.05, 0) is 44.1 Å². The number of piperidine rings is 1. The number of carbonyl (C=O) groups is 1. The largest absolute Gasteiger partial charge is 0.389 e. The molecular weight excluding hydrogens is 278 g/mol. The van der Waals surface area contributed by atoms with Crippen LogP contribution in [0, 0.1) is 5.92 Å². The first-order chi connectivity index (χ1) is 10.6. The number of nitrogens with one attached hydrogen (secondary N) is 1. The summed E-state index contributed by atoms with van der Waals surface area (Å²) in [5.74, 6) is 0.637. The lowest BCUT2D eigenvalue weighted by atomic mass is 9.82. The second kappa shape index (κ2) is 6.82. The lowest BCUT2D eigenvalue weighted by molar-refractivity contribution is -0.139. The fourth-order valence-corrected chi connectivity index (χ4v) is 3.95. The molecule has 2 N–H and O–H groups in total. The predicted molar refractivity (Wildman–Crippen MR) is 84.2 cm³/mol. The number of amides is 1. The summed E-state index contributed by atoms with van der Waals surface area (Å²) in [7, 11) is 0. The zero-order chi connectivity index (χ0) is 15.4. The fourth-order valence-electron chi connectivity index (χ4n) is 3.95. The van der Waals surface area contributed by atoms with Crippen LogP contribution in [0.3, 0.4) is 0 Å². The number of nitrogens with zero attached hydrogens (tertiary/aromatic N) is 2. The summed E-state index contributed by atoms with van der Waals surface area (Å²) in [6, 6.07) is 2.01. The van der Waals surface area contributed by atoms with Crippen molar-refractivity contribution in [1.29, 1.82) is 0 Å². The number of hydrogen-bond donors (Lipinski definition) is 2. The van der Waals surface area contributed by atoms with Gasteiger partial charge >= 0.3 is 0 Å². The topological polar surface area (TPSA) is 69.2 Å². The molecule has 1 aliphatic carbocycles.